The molecule has 0 bridgehead atoms. The smallest absolute Gasteiger partial charge is 0.252 e. The van der Waals surface area contributed by atoms with E-state index in [1.54, 1.807) is 36.4 Å². The van der Waals surface area contributed by atoms with Crippen molar-refractivity contribution in [2.75, 3.05) is 34.4 Å². The third kappa shape index (κ3) is 5.07. The van der Waals surface area contributed by atoms with Crippen LogP contribution in [0.1, 0.15) is 20.7 Å². The van der Waals surface area contributed by atoms with E-state index in [1.165, 1.54) is 21.3 Å². The molecule has 0 saturated heterocycles. The fraction of sp³-hybridized carbons (Fsp3) is 0.263. The van der Waals surface area contributed by atoms with Crippen molar-refractivity contribution in [3.05, 3.63) is 47.5 Å². The molecule has 27 heavy (non-hydrogen) atoms. The molecular formula is C19H22N2O5S. The maximum atomic E-state index is 12.4. The highest BCUT2D eigenvalue weighted by Gasteiger charge is 2.17. The maximum Gasteiger partial charge on any atom is 0.252 e. The first-order chi connectivity index (χ1) is 13.0. The Morgan fingerprint density at radius 1 is 0.889 bits per heavy atom. The molecule has 0 aliphatic carbocycles. The molecule has 0 atom stereocenters. The quantitative estimate of drug-likeness (QED) is 0.475. The molecule has 144 valence electrons. The molecule has 0 fully saturated rings. The van der Waals surface area contributed by atoms with Crippen LogP contribution in [0.3, 0.4) is 0 Å². The molecule has 0 aliphatic rings. The first-order valence-corrected chi connectivity index (χ1v) is 8.61. The molecule has 8 heteroatoms. The fourth-order valence-electron chi connectivity index (χ4n) is 2.43. The SMILES string of the molecule is COc1cc(C(=O)NCCNC(=O)c2ccccc2S)cc(OC)c1OC. The van der Waals surface area contributed by atoms with Crippen LogP contribution in [0.5, 0.6) is 17.2 Å². The minimum atomic E-state index is -0.321. The Morgan fingerprint density at radius 2 is 1.44 bits per heavy atom. The Hall–Kier alpha value is -2.87. The van der Waals surface area contributed by atoms with Crippen molar-refractivity contribution in [1.82, 2.24) is 10.6 Å². The number of hydrogen-bond donors (Lipinski definition) is 3. The van der Waals surface area contributed by atoms with E-state index in [0.717, 1.165) is 0 Å². The van der Waals surface area contributed by atoms with Crippen LogP contribution in [0, 0.1) is 0 Å². The van der Waals surface area contributed by atoms with Crippen LogP contribution in [0.15, 0.2) is 41.3 Å². The summed E-state index contributed by atoms with van der Waals surface area (Å²) in [5.41, 5.74) is 0.841. The molecule has 0 radical (unpaired) electrons. The number of carbonyl (C=O) groups excluding carboxylic acids is 2. The predicted octanol–water partition coefficient (Wildman–Crippen LogP) is 2.16. The second-order valence-corrected chi connectivity index (χ2v) is 5.92. The Labute approximate surface area is 163 Å². The van der Waals surface area contributed by atoms with Crippen molar-refractivity contribution in [1.29, 1.82) is 0 Å². The van der Waals surface area contributed by atoms with E-state index in [4.69, 9.17) is 14.2 Å². The third-order valence-electron chi connectivity index (χ3n) is 3.77. The molecule has 0 saturated carbocycles. The van der Waals surface area contributed by atoms with E-state index < -0.39 is 0 Å². The summed E-state index contributed by atoms with van der Waals surface area (Å²) in [6.45, 7) is 0.535. The first kappa shape index (κ1) is 20.4. The van der Waals surface area contributed by atoms with Gasteiger partial charge in [0.05, 0.1) is 26.9 Å². The molecule has 0 unspecified atom stereocenters. The second-order valence-electron chi connectivity index (χ2n) is 5.44. The summed E-state index contributed by atoms with van der Waals surface area (Å²) in [5.74, 6) is 0.622. The molecule has 0 aromatic heterocycles. The van der Waals surface area contributed by atoms with Gasteiger partial charge in [0.2, 0.25) is 5.75 Å². The van der Waals surface area contributed by atoms with Gasteiger partial charge in [-0.1, -0.05) is 12.1 Å². The Bertz CT molecular complexity index is 800. The third-order valence-corrected chi connectivity index (χ3v) is 4.16. The molecule has 2 N–H and O–H groups in total. The van der Waals surface area contributed by atoms with Gasteiger partial charge < -0.3 is 24.8 Å². The molecule has 2 amide bonds. The zero-order chi connectivity index (χ0) is 19.8. The van der Waals surface area contributed by atoms with Gasteiger partial charge in [0.25, 0.3) is 11.8 Å². The van der Waals surface area contributed by atoms with Crippen molar-refractivity contribution in [2.45, 2.75) is 4.90 Å². The highest BCUT2D eigenvalue weighted by atomic mass is 32.1. The minimum absolute atomic E-state index is 0.248. The fourth-order valence-corrected chi connectivity index (χ4v) is 2.69. The topological polar surface area (TPSA) is 85.9 Å². The van der Waals surface area contributed by atoms with E-state index >= 15 is 0 Å². The van der Waals surface area contributed by atoms with E-state index in [1.807, 2.05) is 0 Å². The number of ether oxygens (including phenoxy) is 3. The second kappa shape index (κ2) is 9.72. The largest absolute Gasteiger partial charge is 0.493 e. The van der Waals surface area contributed by atoms with Gasteiger partial charge in [-0.05, 0) is 24.3 Å². The molecule has 0 aliphatic heterocycles. The summed E-state index contributed by atoms with van der Waals surface area (Å²) in [7, 11) is 4.45. The summed E-state index contributed by atoms with van der Waals surface area (Å²) in [5, 5.41) is 5.47. The average Bonchev–Trinajstić information content (AvgIpc) is 2.69. The van der Waals surface area contributed by atoms with Gasteiger partial charge >= 0.3 is 0 Å². The van der Waals surface area contributed by atoms with Crippen LogP contribution >= 0.6 is 12.6 Å². The van der Waals surface area contributed by atoms with Gasteiger partial charge in [-0.15, -0.1) is 12.6 Å². The van der Waals surface area contributed by atoms with Gasteiger partial charge in [-0.25, -0.2) is 0 Å². The van der Waals surface area contributed by atoms with Gasteiger partial charge in [0, 0.05) is 23.5 Å². The standard InChI is InChI=1S/C19H22N2O5S/c1-24-14-10-12(11-15(25-2)17(14)26-3)18(22)20-8-9-21-19(23)13-6-4-5-7-16(13)27/h4-7,10-11,27H,8-9H2,1-3H3,(H,20,22)(H,21,23). The number of hydrogen-bond acceptors (Lipinski definition) is 6. The van der Waals surface area contributed by atoms with Crippen molar-refractivity contribution in [2.24, 2.45) is 0 Å². The van der Waals surface area contributed by atoms with Crippen LogP contribution in [0.4, 0.5) is 0 Å². The number of methoxy groups -OCH3 is 3. The van der Waals surface area contributed by atoms with Crippen LogP contribution in [0.2, 0.25) is 0 Å². The Morgan fingerprint density at radius 3 is 1.96 bits per heavy atom. The van der Waals surface area contributed by atoms with Crippen LogP contribution in [-0.4, -0.2) is 46.2 Å². The zero-order valence-corrected chi connectivity index (χ0v) is 16.3. The highest BCUT2D eigenvalue weighted by Crippen LogP contribution is 2.38. The number of amides is 2. The lowest BCUT2D eigenvalue weighted by molar-refractivity contribution is 0.0926. The van der Waals surface area contributed by atoms with Crippen molar-refractivity contribution in [3.63, 3.8) is 0 Å². The lowest BCUT2D eigenvalue weighted by Gasteiger charge is -2.14. The molecule has 0 heterocycles. The van der Waals surface area contributed by atoms with Crippen LogP contribution < -0.4 is 24.8 Å². The maximum absolute atomic E-state index is 12.4. The number of nitrogens with one attached hydrogen (secondary N) is 2. The molecule has 7 nitrogen and oxygen atoms in total. The summed E-state index contributed by atoms with van der Waals surface area (Å²) in [4.78, 5) is 25.1. The van der Waals surface area contributed by atoms with Gasteiger partial charge in [-0.3, -0.25) is 9.59 Å². The number of carbonyl (C=O) groups is 2. The summed E-state index contributed by atoms with van der Waals surface area (Å²) >= 11 is 4.25. The molecule has 0 spiro atoms. The van der Waals surface area contributed by atoms with Crippen LogP contribution in [-0.2, 0) is 0 Å². The first-order valence-electron chi connectivity index (χ1n) is 8.16. The zero-order valence-electron chi connectivity index (χ0n) is 15.4. The molecular weight excluding hydrogens is 368 g/mol. The summed E-state index contributed by atoms with van der Waals surface area (Å²) in [6, 6.07) is 10.1. The predicted molar refractivity (Wildman–Crippen MR) is 104 cm³/mol. The number of thiol groups is 1. The Balaban J connectivity index is 1.94. The van der Waals surface area contributed by atoms with E-state index in [9.17, 15) is 9.59 Å². The Kier molecular flexibility index (Phi) is 7.36. The van der Waals surface area contributed by atoms with Crippen LogP contribution in [0.25, 0.3) is 0 Å². The monoisotopic (exact) mass is 390 g/mol. The molecule has 2 aromatic rings. The number of benzene rings is 2. The van der Waals surface area contributed by atoms with E-state index in [0.29, 0.717) is 33.3 Å². The van der Waals surface area contributed by atoms with E-state index in [2.05, 4.69) is 23.3 Å². The van der Waals surface area contributed by atoms with Crippen molar-refractivity contribution < 1.29 is 23.8 Å². The average molecular weight is 390 g/mol. The lowest BCUT2D eigenvalue weighted by Crippen LogP contribution is -2.34. The van der Waals surface area contributed by atoms with Crippen molar-refractivity contribution >= 4 is 24.4 Å². The van der Waals surface area contributed by atoms with Gasteiger partial charge in [0.15, 0.2) is 11.5 Å². The molecule has 2 aromatic carbocycles. The number of rotatable bonds is 8. The van der Waals surface area contributed by atoms with E-state index in [-0.39, 0.29) is 24.9 Å². The van der Waals surface area contributed by atoms with Crippen molar-refractivity contribution in [3.8, 4) is 17.2 Å². The lowest BCUT2D eigenvalue weighted by atomic mass is 10.1. The van der Waals surface area contributed by atoms with Gasteiger partial charge in [-0.2, -0.15) is 0 Å². The normalized spacial score (nSPS) is 10.1. The summed E-state index contributed by atoms with van der Waals surface area (Å²) < 4.78 is 15.7. The highest BCUT2D eigenvalue weighted by molar-refractivity contribution is 7.80. The molecule has 2 rings (SSSR count). The van der Waals surface area contributed by atoms with Gasteiger partial charge in [0.1, 0.15) is 0 Å². The summed E-state index contributed by atoms with van der Waals surface area (Å²) in [6.07, 6.45) is 0. The minimum Gasteiger partial charge on any atom is -0.493 e.